The first-order valence-corrected chi connectivity index (χ1v) is 6.53. The van der Waals surface area contributed by atoms with Gasteiger partial charge in [-0.15, -0.1) is 0 Å². The number of anilines is 1. The SMILES string of the molecule is CNc1ccc2nc(-c3ccc(OC)cc3)ccc2c1. The molecule has 0 aliphatic rings. The molecule has 0 fully saturated rings. The van der Waals surface area contributed by atoms with Crippen LogP contribution in [0.3, 0.4) is 0 Å². The summed E-state index contributed by atoms with van der Waals surface area (Å²) in [4.78, 5) is 4.71. The quantitative estimate of drug-likeness (QED) is 0.777. The van der Waals surface area contributed by atoms with Crippen LogP contribution in [0.1, 0.15) is 0 Å². The number of methoxy groups -OCH3 is 1. The van der Waals surface area contributed by atoms with Crippen molar-refractivity contribution in [2.24, 2.45) is 0 Å². The maximum absolute atomic E-state index is 5.17. The Morgan fingerprint density at radius 2 is 1.75 bits per heavy atom. The molecule has 1 heterocycles. The maximum Gasteiger partial charge on any atom is 0.118 e. The molecule has 3 aromatic rings. The minimum Gasteiger partial charge on any atom is -0.497 e. The highest BCUT2D eigenvalue weighted by Gasteiger charge is 2.02. The van der Waals surface area contributed by atoms with Gasteiger partial charge in [-0.3, -0.25) is 0 Å². The molecule has 1 aromatic heterocycles. The number of rotatable bonds is 3. The van der Waals surface area contributed by atoms with E-state index in [1.165, 1.54) is 0 Å². The lowest BCUT2D eigenvalue weighted by Crippen LogP contribution is -1.89. The summed E-state index contributed by atoms with van der Waals surface area (Å²) < 4.78 is 5.17. The Morgan fingerprint density at radius 3 is 2.45 bits per heavy atom. The average molecular weight is 264 g/mol. The van der Waals surface area contributed by atoms with Gasteiger partial charge in [0, 0.05) is 23.7 Å². The zero-order valence-electron chi connectivity index (χ0n) is 11.6. The molecule has 0 radical (unpaired) electrons. The van der Waals surface area contributed by atoms with E-state index >= 15 is 0 Å². The van der Waals surface area contributed by atoms with Crippen LogP contribution in [0.2, 0.25) is 0 Å². The van der Waals surface area contributed by atoms with E-state index in [-0.39, 0.29) is 0 Å². The number of nitrogens with zero attached hydrogens (tertiary/aromatic N) is 1. The fourth-order valence-electron chi connectivity index (χ4n) is 2.20. The van der Waals surface area contributed by atoms with Crippen molar-refractivity contribution in [1.29, 1.82) is 0 Å². The second-order valence-electron chi connectivity index (χ2n) is 4.58. The Morgan fingerprint density at radius 1 is 0.950 bits per heavy atom. The molecule has 0 saturated heterocycles. The summed E-state index contributed by atoms with van der Waals surface area (Å²) in [6.07, 6.45) is 0. The van der Waals surface area contributed by atoms with Crippen molar-refractivity contribution in [3.63, 3.8) is 0 Å². The van der Waals surface area contributed by atoms with Crippen LogP contribution in [0.15, 0.2) is 54.6 Å². The molecule has 1 N–H and O–H groups in total. The molecule has 0 spiro atoms. The van der Waals surface area contributed by atoms with Gasteiger partial charge in [0.1, 0.15) is 5.75 Å². The largest absolute Gasteiger partial charge is 0.497 e. The number of fused-ring (bicyclic) bond motifs is 1. The molecule has 100 valence electrons. The van der Waals surface area contributed by atoms with Crippen molar-refractivity contribution in [1.82, 2.24) is 4.98 Å². The maximum atomic E-state index is 5.17. The fourth-order valence-corrected chi connectivity index (χ4v) is 2.20. The third kappa shape index (κ3) is 2.30. The summed E-state index contributed by atoms with van der Waals surface area (Å²) in [7, 11) is 3.59. The van der Waals surface area contributed by atoms with E-state index in [1.807, 2.05) is 49.5 Å². The molecule has 0 bridgehead atoms. The number of pyridine rings is 1. The highest BCUT2D eigenvalue weighted by Crippen LogP contribution is 2.24. The van der Waals surface area contributed by atoms with Gasteiger partial charge in [0.2, 0.25) is 0 Å². The normalized spacial score (nSPS) is 10.5. The first-order valence-electron chi connectivity index (χ1n) is 6.53. The van der Waals surface area contributed by atoms with Gasteiger partial charge < -0.3 is 10.1 Å². The van der Waals surface area contributed by atoms with Crippen molar-refractivity contribution in [2.45, 2.75) is 0 Å². The lowest BCUT2D eigenvalue weighted by molar-refractivity contribution is 0.415. The highest BCUT2D eigenvalue weighted by atomic mass is 16.5. The molecular weight excluding hydrogens is 248 g/mol. The van der Waals surface area contributed by atoms with Gasteiger partial charge in [-0.2, -0.15) is 0 Å². The van der Waals surface area contributed by atoms with E-state index in [1.54, 1.807) is 7.11 Å². The molecule has 20 heavy (non-hydrogen) atoms. The fraction of sp³-hybridized carbons (Fsp3) is 0.118. The number of nitrogens with one attached hydrogen (secondary N) is 1. The van der Waals surface area contributed by atoms with Gasteiger partial charge in [0.15, 0.2) is 0 Å². The van der Waals surface area contributed by atoms with Gasteiger partial charge in [-0.25, -0.2) is 4.98 Å². The Balaban J connectivity index is 2.03. The Kier molecular flexibility index (Phi) is 3.25. The highest BCUT2D eigenvalue weighted by molar-refractivity contribution is 5.84. The molecule has 3 nitrogen and oxygen atoms in total. The third-order valence-corrected chi connectivity index (χ3v) is 3.36. The van der Waals surface area contributed by atoms with Gasteiger partial charge in [0.05, 0.1) is 18.3 Å². The monoisotopic (exact) mass is 264 g/mol. The molecular formula is C17H16N2O. The van der Waals surface area contributed by atoms with Crippen LogP contribution < -0.4 is 10.1 Å². The molecule has 3 rings (SSSR count). The van der Waals surface area contributed by atoms with Crippen LogP contribution in [0.4, 0.5) is 5.69 Å². The predicted octanol–water partition coefficient (Wildman–Crippen LogP) is 3.95. The van der Waals surface area contributed by atoms with E-state index < -0.39 is 0 Å². The average Bonchev–Trinajstić information content (AvgIpc) is 2.54. The minimum atomic E-state index is 0.855. The Hall–Kier alpha value is -2.55. The summed E-state index contributed by atoms with van der Waals surface area (Å²) in [6.45, 7) is 0. The zero-order chi connectivity index (χ0) is 13.9. The second-order valence-corrected chi connectivity index (χ2v) is 4.58. The number of hydrogen-bond acceptors (Lipinski definition) is 3. The third-order valence-electron chi connectivity index (χ3n) is 3.36. The summed E-state index contributed by atoms with van der Waals surface area (Å²) in [5.41, 5.74) is 4.15. The summed E-state index contributed by atoms with van der Waals surface area (Å²) in [5, 5.41) is 4.27. The number of aromatic nitrogens is 1. The topological polar surface area (TPSA) is 34.2 Å². The van der Waals surface area contributed by atoms with Crippen LogP contribution in [0, 0.1) is 0 Å². The number of benzene rings is 2. The summed E-state index contributed by atoms with van der Waals surface area (Å²) >= 11 is 0. The molecule has 0 saturated carbocycles. The van der Waals surface area contributed by atoms with Crippen molar-refractivity contribution in [2.75, 3.05) is 19.5 Å². The zero-order valence-corrected chi connectivity index (χ0v) is 11.6. The molecule has 0 atom stereocenters. The van der Waals surface area contributed by atoms with Gasteiger partial charge >= 0.3 is 0 Å². The van der Waals surface area contributed by atoms with Crippen LogP contribution in [0.25, 0.3) is 22.2 Å². The van der Waals surface area contributed by atoms with Crippen molar-refractivity contribution < 1.29 is 4.74 Å². The Bertz CT molecular complexity index is 736. The van der Waals surface area contributed by atoms with Gasteiger partial charge in [-0.05, 0) is 48.5 Å². The van der Waals surface area contributed by atoms with Crippen LogP contribution in [0.5, 0.6) is 5.75 Å². The standard InChI is InChI=1S/C17H16N2O/c1-18-14-6-10-17-13(11-14)5-9-16(19-17)12-3-7-15(20-2)8-4-12/h3-11,18H,1-2H3. The smallest absolute Gasteiger partial charge is 0.118 e. The number of hydrogen-bond donors (Lipinski definition) is 1. The lowest BCUT2D eigenvalue weighted by Gasteiger charge is -2.06. The predicted molar refractivity (Wildman–Crippen MR) is 83.3 cm³/mol. The van der Waals surface area contributed by atoms with Crippen molar-refractivity contribution in [3.8, 4) is 17.0 Å². The Labute approximate surface area is 118 Å². The van der Waals surface area contributed by atoms with Crippen LogP contribution in [-0.4, -0.2) is 19.1 Å². The first-order chi connectivity index (χ1) is 9.80. The van der Waals surface area contributed by atoms with Crippen molar-refractivity contribution in [3.05, 3.63) is 54.6 Å². The van der Waals surface area contributed by atoms with E-state index in [2.05, 4.69) is 17.4 Å². The van der Waals surface area contributed by atoms with E-state index in [0.717, 1.165) is 33.6 Å². The summed E-state index contributed by atoms with van der Waals surface area (Å²) in [6, 6.07) is 18.3. The van der Waals surface area contributed by atoms with Crippen LogP contribution in [-0.2, 0) is 0 Å². The molecule has 0 aliphatic heterocycles. The van der Waals surface area contributed by atoms with Gasteiger partial charge in [0.25, 0.3) is 0 Å². The minimum absolute atomic E-state index is 0.855. The summed E-state index contributed by atoms with van der Waals surface area (Å²) in [5.74, 6) is 0.855. The molecule has 3 heteroatoms. The van der Waals surface area contributed by atoms with E-state index in [9.17, 15) is 0 Å². The molecule has 0 aliphatic carbocycles. The molecule has 2 aromatic carbocycles. The van der Waals surface area contributed by atoms with E-state index in [4.69, 9.17) is 9.72 Å². The first kappa shape index (κ1) is 12.5. The van der Waals surface area contributed by atoms with Crippen molar-refractivity contribution >= 4 is 16.6 Å². The molecule has 0 unspecified atom stereocenters. The van der Waals surface area contributed by atoms with Crippen LogP contribution >= 0.6 is 0 Å². The second kappa shape index (κ2) is 5.21. The number of ether oxygens (including phenoxy) is 1. The lowest BCUT2D eigenvalue weighted by atomic mass is 10.1. The molecule has 0 amide bonds. The van der Waals surface area contributed by atoms with Gasteiger partial charge in [-0.1, -0.05) is 6.07 Å². The van der Waals surface area contributed by atoms with E-state index in [0.29, 0.717) is 0 Å².